The van der Waals surface area contributed by atoms with E-state index in [-0.39, 0.29) is 6.10 Å². The zero-order valence-corrected chi connectivity index (χ0v) is 10.1. The number of nitrogens with zero attached hydrogens (tertiary/aromatic N) is 2. The zero-order valence-electron chi connectivity index (χ0n) is 10.1. The fraction of sp³-hybridized carbons (Fsp3) is 0.385. The van der Waals surface area contributed by atoms with Crippen LogP contribution in [0.3, 0.4) is 0 Å². The van der Waals surface area contributed by atoms with Gasteiger partial charge in [0.25, 0.3) is 0 Å². The molecule has 1 aliphatic heterocycles. The number of hydrogen-bond donors (Lipinski definition) is 2. The number of aromatic nitrogens is 2. The van der Waals surface area contributed by atoms with Crippen molar-refractivity contribution in [3.05, 3.63) is 24.5 Å². The van der Waals surface area contributed by atoms with Crippen LogP contribution >= 0.6 is 0 Å². The molecule has 0 spiro atoms. The average molecular weight is 244 g/mol. The number of anilines is 1. The Labute approximate surface area is 105 Å². The van der Waals surface area contributed by atoms with Gasteiger partial charge in [0.15, 0.2) is 0 Å². The first-order chi connectivity index (χ1) is 8.83. The molecule has 0 unspecified atom stereocenters. The number of benzene rings is 1. The van der Waals surface area contributed by atoms with Gasteiger partial charge in [-0.3, -0.25) is 0 Å². The Balaban J connectivity index is 1.86. The molecule has 3 N–H and O–H groups in total. The van der Waals surface area contributed by atoms with Crippen LogP contribution in [-0.4, -0.2) is 29.2 Å². The fourth-order valence-electron chi connectivity index (χ4n) is 2.23. The highest BCUT2D eigenvalue weighted by atomic mass is 16.5. The van der Waals surface area contributed by atoms with E-state index in [2.05, 4.69) is 15.3 Å². The first-order valence-electron chi connectivity index (χ1n) is 6.20. The van der Waals surface area contributed by atoms with Crippen molar-refractivity contribution in [2.24, 2.45) is 0 Å². The maximum absolute atomic E-state index is 5.97. The predicted molar refractivity (Wildman–Crippen MR) is 70.5 cm³/mol. The molecule has 2 aromatic rings. The van der Waals surface area contributed by atoms with Crippen LogP contribution in [0.2, 0.25) is 0 Å². The van der Waals surface area contributed by atoms with Gasteiger partial charge in [0, 0.05) is 5.39 Å². The molecule has 2 heterocycles. The van der Waals surface area contributed by atoms with Crippen LogP contribution in [0.5, 0.6) is 5.75 Å². The number of ether oxygens (including phenoxy) is 1. The molecule has 0 amide bonds. The Morgan fingerprint density at radius 2 is 2.06 bits per heavy atom. The molecule has 18 heavy (non-hydrogen) atoms. The van der Waals surface area contributed by atoms with Gasteiger partial charge in [-0.05, 0) is 44.1 Å². The summed E-state index contributed by atoms with van der Waals surface area (Å²) in [5.74, 6) is 1.34. The number of piperidine rings is 1. The van der Waals surface area contributed by atoms with E-state index in [0.717, 1.165) is 42.6 Å². The first-order valence-corrected chi connectivity index (χ1v) is 6.20. The van der Waals surface area contributed by atoms with Crippen molar-refractivity contribution in [3.8, 4) is 5.75 Å². The lowest BCUT2D eigenvalue weighted by molar-refractivity contribution is 0.162. The molecule has 0 saturated carbocycles. The van der Waals surface area contributed by atoms with Crippen molar-refractivity contribution in [2.45, 2.75) is 18.9 Å². The summed E-state index contributed by atoms with van der Waals surface area (Å²) in [7, 11) is 0. The third-order valence-corrected chi connectivity index (χ3v) is 3.23. The van der Waals surface area contributed by atoms with Crippen molar-refractivity contribution >= 4 is 16.7 Å². The number of fused-ring (bicyclic) bond motifs is 1. The molecule has 0 aliphatic carbocycles. The van der Waals surface area contributed by atoms with Crippen molar-refractivity contribution in [1.82, 2.24) is 15.3 Å². The minimum atomic E-state index is 0.287. The Morgan fingerprint density at radius 3 is 2.89 bits per heavy atom. The van der Waals surface area contributed by atoms with Crippen LogP contribution in [0, 0.1) is 0 Å². The molecular weight excluding hydrogens is 228 g/mol. The molecule has 1 aromatic heterocycles. The van der Waals surface area contributed by atoms with Crippen LogP contribution < -0.4 is 15.8 Å². The minimum absolute atomic E-state index is 0.287. The summed E-state index contributed by atoms with van der Waals surface area (Å²) in [5, 5.41) is 4.17. The van der Waals surface area contributed by atoms with Gasteiger partial charge >= 0.3 is 0 Å². The van der Waals surface area contributed by atoms with Crippen LogP contribution in [0.15, 0.2) is 24.5 Å². The molecule has 0 radical (unpaired) electrons. The fourth-order valence-corrected chi connectivity index (χ4v) is 2.23. The standard InChI is InChI=1S/C13H16N4O/c14-13-11-7-10(1-2-12(11)16-8-17-13)18-9-3-5-15-6-4-9/h1-2,7-9,15H,3-6H2,(H2,14,16,17). The van der Waals surface area contributed by atoms with Crippen molar-refractivity contribution in [1.29, 1.82) is 0 Å². The SMILES string of the molecule is Nc1ncnc2ccc(OC3CCNCC3)cc12. The number of nitrogens with one attached hydrogen (secondary N) is 1. The van der Waals surface area contributed by atoms with Crippen LogP contribution in [-0.2, 0) is 0 Å². The van der Waals surface area contributed by atoms with Gasteiger partial charge in [-0.15, -0.1) is 0 Å². The maximum atomic E-state index is 5.97. The zero-order chi connectivity index (χ0) is 12.4. The van der Waals surface area contributed by atoms with E-state index in [1.807, 2.05) is 18.2 Å². The number of nitrogens with two attached hydrogens (primary N) is 1. The predicted octanol–water partition coefficient (Wildman–Crippen LogP) is 1.34. The normalized spacial score (nSPS) is 16.9. The maximum Gasteiger partial charge on any atom is 0.134 e. The van der Waals surface area contributed by atoms with Gasteiger partial charge in [-0.2, -0.15) is 0 Å². The van der Waals surface area contributed by atoms with E-state index in [9.17, 15) is 0 Å². The second kappa shape index (κ2) is 4.78. The Kier molecular flexibility index (Phi) is 2.98. The molecule has 5 heteroatoms. The summed E-state index contributed by atoms with van der Waals surface area (Å²) in [6.07, 6.45) is 3.84. The molecule has 0 atom stereocenters. The van der Waals surface area contributed by atoms with Gasteiger partial charge in [-0.1, -0.05) is 0 Å². The van der Waals surface area contributed by atoms with Crippen molar-refractivity contribution < 1.29 is 4.74 Å². The Bertz CT molecular complexity index is 552. The van der Waals surface area contributed by atoms with E-state index in [1.165, 1.54) is 6.33 Å². The van der Waals surface area contributed by atoms with Crippen molar-refractivity contribution in [2.75, 3.05) is 18.8 Å². The van der Waals surface area contributed by atoms with Gasteiger partial charge in [-0.25, -0.2) is 9.97 Å². The highest BCUT2D eigenvalue weighted by Gasteiger charge is 2.14. The minimum Gasteiger partial charge on any atom is -0.490 e. The second-order valence-corrected chi connectivity index (χ2v) is 4.51. The monoisotopic (exact) mass is 244 g/mol. The molecule has 3 rings (SSSR count). The van der Waals surface area contributed by atoms with Gasteiger partial charge < -0.3 is 15.8 Å². The Morgan fingerprint density at radius 1 is 1.22 bits per heavy atom. The van der Waals surface area contributed by atoms with E-state index in [4.69, 9.17) is 10.5 Å². The average Bonchev–Trinajstić information content (AvgIpc) is 2.41. The van der Waals surface area contributed by atoms with Gasteiger partial charge in [0.2, 0.25) is 0 Å². The summed E-state index contributed by atoms with van der Waals surface area (Å²) in [6, 6.07) is 5.79. The summed E-state index contributed by atoms with van der Waals surface area (Å²) < 4.78 is 5.97. The van der Waals surface area contributed by atoms with E-state index in [0.29, 0.717) is 5.82 Å². The van der Waals surface area contributed by atoms with Gasteiger partial charge in [0.1, 0.15) is 24.0 Å². The molecule has 5 nitrogen and oxygen atoms in total. The summed E-state index contributed by atoms with van der Waals surface area (Å²) in [4.78, 5) is 8.17. The molecule has 1 fully saturated rings. The van der Waals surface area contributed by atoms with Crippen LogP contribution in [0.4, 0.5) is 5.82 Å². The smallest absolute Gasteiger partial charge is 0.134 e. The third kappa shape index (κ3) is 2.22. The number of nitrogen functional groups attached to an aromatic ring is 1. The van der Waals surface area contributed by atoms with Gasteiger partial charge in [0.05, 0.1) is 5.52 Å². The van der Waals surface area contributed by atoms with Crippen molar-refractivity contribution in [3.63, 3.8) is 0 Å². The summed E-state index contributed by atoms with van der Waals surface area (Å²) in [6.45, 7) is 2.03. The molecule has 0 bridgehead atoms. The van der Waals surface area contributed by atoms with Crippen LogP contribution in [0.1, 0.15) is 12.8 Å². The molecule has 1 aliphatic rings. The highest BCUT2D eigenvalue weighted by Crippen LogP contribution is 2.24. The van der Waals surface area contributed by atoms with E-state index < -0.39 is 0 Å². The summed E-state index contributed by atoms with van der Waals surface area (Å²) in [5.41, 5.74) is 6.69. The highest BCUT2D eigenvalue weighted by molar-refractivity contribution is 5.88. The third-order valence-electron chi connectivity index (χ3n) is 3.23. The molecule has 1 saturated heterocycles. The number of rotatable bonds is 2. The van der Waals surface area contributed by atoms with Crippen LogP contribution in [0.25, 0.3) is 10.9 Å². The second-order valence-electron chi connectivity index (χ2n) is 4.51. The molecule has 94 valence electrons. The van der Waals surface area contributed by atoms with E-state index >= 15 is 0 Å². The largest absolute Gasteiger partial charge is 0.490 e. The summed E-state index contributed by atoms with van der Waals surface area (Å²) >= 11 is 0. The topological polar surface area (TPSA) is 73.1 Å². The Hall–Kier alpha value is -1.88. The number of hydrogen-bond acceptors (Lipinski definition) is 5. The lowest BCUT2D eigenvalue weighted by Gasteiger charge is -2.23. The van der Waals surface area contributed by atoms with E-state index in [1.54, 1.807) is 0 Å². The molecule has 1 aromatic carbocycles. The lowest BCUT2D eigenvalue weighted by atomic mass is 10.1. The quantitative estimate of drug-likeness (QED) is 0.834. The molecular formula is C13H16N4O. The first kappa shape index (κ1) is 11.2. The lowest BCUT2D eigenvalue weighted by Crippen LogP contribution is -2.34.